The number of hydrogen-bond acceptors (Lipinski definition) is 4. The van der Waals surface area contributed by atoms with Gasteiger partial charge in [0, 0.05) is 30.7 Å². The Bertz CT molecular complexity index is 636. The monoisotopic (exact) mass is 407 g/mol. The smallest absolute Gasteiger partial charge is 0.211 e. The summed E-state index contributed by atoms with van der Waals surface area (Å²) in [4.78, 5) is 11.2. The molecule has 29 heavy (non-hydrogen) atoms. The molecule has 5 heteroatoms. The van der Waals surface area contributed by atoms with E-state index < -0.39 is 11.9 Å². The fourth-order valence-corrected chi connectivity index (χ4v) is 7.81. The molecule has 2 saturated carbocycles. The van der Waals surface area contributed by atoms with Gasteiger partial charge in [-0.3, -0.25) is 4.79 Å². The maximum absolute atomic E-state index is 11.5. The Labute approximate surface area is 176 Å². The summed E-state index contributed by atoms with van der Waals surface area (Å²) in [6, 6.07) is 0. The van der Waals surface area contributed by atoms with Crippen LogP contribution in [0.2, 0.25) is 0 Å². The summed E-state index contributed by atoms with van der Waals surface area (Å²) in [6.07, 6.45) is 8.53. The van der Waals surface area contributed by atoms with Gasteiger partial charge < -0.3 is 19.9 Å². The highest BCUT2D eigenvalue weighted by Gasteiger charge is 2.64. The molecule has 8 unspecified atom stereocenters. The van der Waals surface area contributed by atoms with Crippen LogP contribution in [0.5, 0.6) is 0 Å². The predicted molar refractivity (Wildman–Crippen MR) is 114 cm³/mol. The number of aliphatic hydroxyl groups excluding tert-OH is 1. The first-order valence-electron chi connectivity index (χ1n) is 11.5. The summed E-state index contributed by atoms with van der Waals surface area (Å²) in [5.74, 6) is 0.766. The molecule has 0 radical (unpaired) electrons. The van der Waals surface area contributed by atoms with Crippen molar-refractivity contribution in [2.75, 3.05) is 13.7 Å². The van der Waals surface area contributed by atoms with E-state index in [2.05, 4.69) is 39.1 Å². The predicted octanol–water partition coefficient (Wildman–Crippen LogP) is 4.26. The molecule has 0 spiro atoms. The Morgan fingerprint density at radius 3 is 2.66 bits per heavy atom. The molecule has 0 heterocycles. The van der Waals surface area contributed by atoms with Crippen LogP contribution in [0.25, 0.3) is 0 Å². The first-order chi connectivity index (χ1) is 13.7. The molecule has 5 nitrogen and oxygen atoms in total. The number of aliphatic hydroxyl groups is 1. The largest absolute Gasteiger partial charge is 0.393 e. The molecular weight excluding hydrogens is 366 g/mol. The van der Waals surface area contributed by atoms with E-state index in [4.69, 9.17) is 9.47 Å². The molecule has 0 aromatic rings. The molecule has 0 bridgehead atoms. The Balaban J connectivity index is 1.99. The van der Waals surface area contributed by atoms with Gasteiger partial charge in [-0.2, -0.15) is 0 Å². The van der Waals surface area contributed by atoms with Crippen LogP contribution in [0.3, 0.4) is 0 Å². The first kappa shape index (κ1) is 22.8. The van der Waals surface area contributed by atoms with Gasteiger partial charge in [-0.15, -0.1) is 0 Å². The van der Waals surface area contributed by atoms with E-state index in [1.54, 1.807) is 7.11 Å². The minimum atomic E-state index is -0.619. The standard InChI is InChI=1S/C24H41NO4/c1-7-13-22(3)20(25-15-26)12-9-16-17-10-11-19(24(5,28-6)29-8-2)23(17,4)14-18(27)21(16)22/h12,15-19,21,27H,7-11,13-14H2,1-6H3,(H,25,26). The fraction of sp³-hybridized carbons (Fsp3) is 0.875. The number of carbonyl (C=O) groups excluding carboxylic acids is 1. The number of amides is 1. The Morgan fingerprint density at radius 2 is 2.07 bits per heavy atom. The lowest BCUT2D eigenvalue weighted by Crippen LogP contribution is -2.58. The van der Waals surface area contributed by atoms with E-state index in [1.165, 1.54) is 0 Å². The number of hydrogen-bond donors (Lipinski definition) is 2. The second kappa shape index (κ2) is 8.32. The second-order valence-corrected chi connectivity index (χ2v) is 10.1. The molecule has 8 atom stereocenters. The van der Waals surface area contributed by atoms with Gasteiger partial charge in [-0.1, -0.05) is 33.3 Å². The molecule has 0 aromatic carbocycles. The minimum Gasteiger partial charge on any atom is -0.393 e. The summed E-state index contributed by atoms with van der Waals surface area (Å²) in [7, 11) is 1.74. The van der Waals surface area contributed by atoms with Crippen LogP contribution in [-0.2, 0) is 14.3 Å². The van der Waals surface area contributed by atoms with Gasteiger partial charge in [0.2, 0.25) is 6.41 Å². The first-order valence-corrected chi connectivity index (χ1v) is 11.5. The summed E-state index contributed by atoms with van der Waals surface area (Å²) in [6.45, 7) is 11.5. The van der Waals surface area contributed by atoms with Crippen molar-refractivity contribution >= 4 is 6.41 Å². The third-order valence-corrected chi connectivity index (χ3v) is 8.85. The zero-order valence-electron chi connectivity index (χ0n) is 19.2. The molecule has 0 saturated heterocycles. The number of rotatable bonds is 8. The second-order valence-electron chi connectivity index (χ2n) is 10.1. The fourth-order valence-electron chi connectivity index (χ4n) is 7.81. The van der Waals surface area contributed by atoms with Gasteiger partial charge in [0.1, 0.15) is 0 Å². The van der Waals surface area contributed by atoms with Crippen molar-refractivity contribution in [3.05, 3.63) is 11.8 Å². The lowest BCUT2D eigenvalue weighted by Gasteiger charge is -2.59. The molecule has 0 aliphatic heterocycles. The molecule has 1 amide bonds. The molecule has 3 rings (SSSR count). The number of carbonyl (C=O) groups is 1. The van der Waals surface area contributed by atoms with Crippen LogP contribution in [0, 0.1) is 34.5 Å². The minimum absolute atomic E-state index is 0.0168. The van der Waals surface area contributed by atoms with Crippen LogP contribution in [0.4, 0.5) is 0 Å². The highest BCUT2D eigenvalue weighted by atomic mass is 16.7. The van der Waals surface area contributed by atoms with Gasteiger partial charge in [-0.25, -0.2) is 0 Å². The third kappa shape index (κ3) is 3.47. The summed E-state index contributed by atoms with van der Waals surface area (Å²) in [5, 5.41) is 14.5. The maximum atomic E-state index is 11.5. The van der Waals surface area contributed by atoms with Gasteiger partial charge in [0.15, 0.2) is 5.79 Å². The van der Waals surface area contributed by atoms with Gasteiger partial charge in [-0.05, 0) is 69.1 Å². The van der Waals surface area contributed by atoms with Gasteiger partial charge >= 0.3 is 0 Å². The van der Waals surface area contributed by atoms with Gasteiger partial charge in [0.05, 0.1) is 6.10 Å². The van der Waals surface area contributed by atoms with Gasteiger partial charge in [0.25, 0.3) is 0 Å². The average Bonchev–Trinajstić information content (AvgIpc) is 3.01. The van der Waals surface area contributed by atoms with Crippen LogP contribution in [0.15, 0.2) is 11.8 Å². The Kier molecular flexibility index (Phi) is 6.53. The van der Waals surface area contributed by atoms with E-state index in [-0.39, 0.29) is 22.7 Å². The number of methoxy groups -OCH3 is 1. The molecule has 3 aliphatic rings. The average molecular weight is 408 g/mol. The molecule has 166 valence electrons. The van der Waals surface area contributed by atoms with Crippen molar-refractivity contribution in [3.63, 3.8) is 0 Å². The molecule has 3 aliphatic carbocycles. The number of allylic oxidation sites excluding steroid dienone is 2. The van der Waals surface area contributed by atoms with Crippen LogP contribution in [-0.4, -0.2) is 37.1 Å². The molecular formula is C24H41NO4. The molecule has 2 N–H and O–H groups in total. The number of nitrogens with one attached hydrogen (secondary N) is 1. The highest BCUT2D eigenvalue weighted by Crippen LogP contribution is 2.66. The van der Waals surface area contributed by atoms with Crippen LogP contribution < -0.4 is 5.32 Å². The summed E-state index contributed by atoms with van der Waals surface area (Å²) < 4.78 is 12.0. The van der Waals surface area contributed by atoms with Crippen LogP contribution >= 0.6 is 0 Å². The lowest BCUT2D eigenvalue weighted by molar-refractivity contribution is -0.267. The molecule has 0 aromatic heterocycles. The van der Waals surface area contributed by atoms with Crippen molar-refractivity contribution in [2.24, 2.45) is 34.5 Å². The summed E-state index contributed by atoms with van der Waals surface area (Å²) in [5.41, 5.74) is 0.794. The van der Waals surface area contributed by atoms with E-state index in [0.29, 0.717) is 18.4 Å². The Hall–Kier alpha value is -0.910. The zero-order valence-corrected chi connectivity index (χ0v) is 19.2. The summed E-state index contributed by atoms with van der Waals surface area (Å²) >= 11 is 0. The van der Waals surface area contributed by atoms with Crippen molar-refractivity contribution in [3.8, 4) is 0 Å². The normalized spacial score (nSPS) is 43.7. The third-order valence-electron chi connectivity index (χ3n) is 8.85. The van der Waals surface area contributed by atoms with Crippen LogP contribution in [0.1, 0.15) is 73.1 Å². The Morgan fingerprint density at radius 1 is 1.34 bits per heavy atom. The quantitative estimate of drug-likeness (QED) is 0.466. The lowest BCUT2D eigenvalue weighted by atomic mass is 9.48. The van der Waals surface area contributed by atoms with E-state index in [9.17, 15) is 9.90 Å². The van der Waals surface area contributed by atoms with Crippen molar-refractivity contribution in [1.82, 2.24) is 5.32 Å². The van der Waals surface area contributed by atoms with E-state index in [1.807, 2.05) is 6.92 Å². The van der Waals surface area contributed by atoms with E-state index >= 15 is 0 Å². The van der Waals surface area contributed by atoms with Crippen molar-refractivity contribution in [2.45, 2.75) is 85.0 Å². The number of ether oxygens (including phenoxy) is 2. The topological polar surface area (TPSA) is 67.8 Å². The maximum Gasteiger partial charge on any atom is 0.211 e. The number of fused-ring (bicyclic) bond motifs is 3. The zero-order chi connectivity index (χ0) is 21.4. The van der Waals surface area contributed by atoms with E-state index in [0.717, 1.165) is 50.6 Å². The highest BCUT2D eigenvalue weighted by molar-refractivity contribution is 5.51. The SMILES string of the molecule is CCCC1(C)C(NC=O)=CCC2C1C(O)CC1(C)C2CCC1C(C)(OC)OCC. The van der Waals surface area contributed by atoms with Crippen molar-refractivity contribution in [1.29, 1.82) is 0 Å². The molecule has 2 fully saturated rings. The van der Waals surface area contributed by atoms with Crippen molar-refractivity contribution < 1.29 is 19.4 Å².